The molecule has 13 heavy (non-hydrogen) atoms. The van der Waals surface area contributed by atoms with Gasteiger partial charge < -0.3 is 5.11 Å². The second-order valence-electron chi connectivity index (χ2n) is 2.14. The van der Waals surface area contributed by atoms with Crippen LogP contribution in [0.5, 0.6) is 5.75 Å². The minimum Gasteiger partial charge on any atom is -0.505 e. The summed E-state index contributed by atoms with van der Waals surface area (Å²) in [5.74, 6) is -0.738. The van der Waals surface area contributed by atoms with Gasteiger partial charge in [-0.05, 0) is 28.7 Å². The van der Waals surface area contributed by atoms with E-state index in [2.05, 4.69) is 4.98 Å². The van der Waals surface area contributed by atoms with Gasteiger partial charge in [-0.15, -0.1) is 0 Å². The van der Waals surface area contributed by atoms with E-state index in [4.69, 9.17) is 10.4 Å². The molecule has 0 aliphatic heterocycles. The van der Waals surface area contributed by atoms with Gasteiger partial charge in [-0.1, -0.05) is 0 Å². The first kappa shape index (κ1) is 10.1. The van der Waals surface area contributed by atoms with Gasteiger partial charge in [-0.25, -0.2) is 13.8 Å². The van der Waals surface area contributed by atoms with Crippen molar-refractivity contribution in [3.05, 3.63) is 21.0 Å². The van der Waals surface area contributed by atoms with Crippen LogP contribution < -0.4 is 0 Å². The SMILES string of the molecule is N#Cc1nc(I)cc(C(F)F)c1O. The average molecular weight is 296 g/mol. The third-order valence-corrected chi connectivity index (χ3v) is 1.88. The highest BCUT2D eigenvalue weighted by molar-refractivity contribution is 14.1. The van der Waals surface area contributed by atoms with Crippen molar-refractivity contribution in [3.63, 3.8) is 0 Å². The lowest BCUT2D eigenvalue weighted by molar-refractivity contribution is 0.147. The van der Waals surface area contributed by atoms with Crippen molar-refractivity contribution < 1.29 is 13.9 Å². The van der Waals surface area contributed by atoms with Crippen LogP contribution >= 0.6 is 22.6 Å². The number of hydrogen-bond donors (Lipinski definition) is 1. The quantitative estimate of drug-likeness (QED) is 0.638. The van der Waals surface area contributed by atoms with Crippen molar-refractivity contribution in [2.24, 2.45) is 0 Å². The number of aromatic nitrogens is 1. The normalized spacial score (nSPS) is 10.1. The van der Waals surface area contributed by atoms with E-state index in [0.29, 0.717) is 0 Å². The summed E-state index contributed by atoms with van der Waals surface area (Å²) >= 11 is 1.70. The van der Waals surface area contributed by atoms with Crippen molar-refractivity contribution in [1.29, 1.82) is 5.26 Å². The van der Waals surface area contributed by atoms with Gasteiger partial charge in [0, 0.05) is 0 Å². The van der Waals surface area contributed by atoms with E-state index in [1.807, 2.05) is 0 Å². The van der Waals surface area contributed by atoms with E-state index in [1.165, 1.54) is 6.07 Å². The summed E-state index contributed by atoms with van der Waals surface area (Å²) in [6.07, 6.45) is -2.80. The third kappa shape index (κ3) is 2.03. The Balaban J connectivity index is 3.38. The zero-order chi connectivity index (χ0) is 10.0. The second-order valence-corrected chi connectivity index (χ2v) is 3.25. The number of nitrogens with zero attached hydrogens (tertiary/aromatic N) is 2. The summed E-state index contributed by atoms with van der Waals surface area (Å²) < 4.78 is 24.7. The van der Waals surface area contributed by atoms with Crippen LogP contribution in [-0.4, -0.2) is 10.1 Å². The summed E-state index contributed by atoms with van der Waals surface area (Å²) in [5.41, 5.74) is -0.932. The number of alkyl halides is 2. The number of aromatic hydroxyl groups is 1. The molecule has 0 unspecified atom stereocenters. The maximum absolute atomic E-state index is 12.2. The first-order chi connectivity index (χ1) is 6.06. The Morgan fingerprint density at radius 1 is 1.62 bits per heavy atom. The Bertz CT molecular complexity index is 375. The summed E-state index contributed by atoms with van der Waals surface area (Å²) in [6, 6.07) is 2.58. The monoisotopic (exact) mass is 296 g/mol. The van der Waals surface area contributed by atoms with Gasteiger partial charge in [0.1, 0.15) is 9.77 Å². The van der Waals surface area contributed by atoms with Gasteiger partial charge in [-0.3, -0.25) is 0 Å². The highest BCUT2D eigenvalue weighted by atomic mass is 127. The van der Waals surface area contributed by atoms with Gasteiger partial charge in [0.25, 0.3) is 6.43 Å². The smallest absolute Gasteiger partial charge is 0.267 e. The van der Waals surface area contributed by atoms with E-state index in [-0.39, 0.29) is 9.39 Å². The minimum atomic E-state index is -2.80. The lowest BCUT2D eigenvalue weighted by atomic mass is 10.2. The van der Waals surface area contributed by atoms with E-state index in [9.17, 15) is 8.78 Å². The van der Waals surface area contributed by atoms with Crippen LogP contribution in [0.4, 0.5) is 8.78 Å². The zero-order valence-corrected chi connectivity index (χ0v) is 8.29. The average Bonchev–Trinajstić information content (AvgIpc) is 2.08. The lowest BCUT2D eigenvalue weighted by Crippen LogP contribution is -1.94. The van der Waals surface area contributed by atoms with E-state index >= 15 is 0 Å². The van der Waals surface area contributed by atoms with Crippen LogP contribution in [0, 0.1) is 15.0 Å². The molecule has 0 aromatic carbocycles. The van der Waals surface area contributed by atoms with E-state index in [0.717, 1.165) is 6.07 Å². The molecule has 1 aromatic rings. The van der Waals surface area contributed by atoms with E-state index < -0.39 is 17.7 Å². The number of halogens is 3. The topological polar surface area (TPSA) is 56.9 Å². The van der Waals surface area contributed by atoms with Gasteiger partial charge >= 0.3 is 0 Å². The molecule has 0 amide bonds. The van der Waals surface area contributed by atoms with Crippen LogP contribution in [0.15, 0.2) is 6.07 Å². The molecule has 0 fully saturated rings. The van der Waals surface area contributed by atoms with Crippen LogP contribution in [0.1, 0.15) is 17.7 Å². The fourth-order valence-electron chi connectivity index (χ4n) is 0.770. The maximum Gasteiger partial charge on any atom is 0.267 e. The number of hydrogen-bond acceptors (Lipinski definition) is 3. The molecule has 0 atom stereocenters. The fraction of sp³-hybridized carbons (Fsp3) is 0.143. The summed E-state index contributed by atoms with van der Waals surface area (Å²) in [7, 11) is 0. The van der Waals surface area contributed by atoms with Gasteiger partial charge in [0.15, 0.2) is 11.4 Å². The van der Waals surface area contributed by atoms with Gasteiger partial charge in [0.2, 0.25) is 0 Å². The molecule has 0 spiro atoms. The Labute approximate surface area is 86.2 Å². The predicted octanol–water partition coefficient (Wildman–Crippen LogP) is 2.20. The molecular formula is C7H3F2IN2O. The molecule has 0 aliphatic rings. The summed E-state index contributed by atoms with van der Waals surface area (Å²) in [4.78, 5) is 3.58. The van der Waals surface area contributed by atoms with Crippen LogP contribution in [0.3, 0.4) is 0 Å². The van der Waals surface area contributed by atoms with Gasteiger partial charge in [-0.2, -0.15) is 5.26 Å². The summed E-state index contributed by atoms with van der Waals surface area (Å²) in [6.45, 7) is 0. The van der Waals surface area contributed by atoms with Crippen LogP contribution in [-0.2, 0) is 0 Å². The molecule has 0 saturated carbocycles. The zero-order valence-electron chi connectivity index (χ0n) is 6.13. The highest BCUT2D eigenvalue weighted by Gasteiger charge is 2.17. The molecule has 1 aromatic heterocycles. The first-order valence-corrected chi connectivity index (χ1v) is 4.21. The molecular weight excluding hydrogens is 293 g/mol. The molecule has 0 radical (unpaired) electrons. The molecule has 0 bridgehead atoms. The molecule has 3 nitrogen and oxygen atoms in total. The third-order valence-electron chi connectivity index (χ3n) is 1.33. The number of rotatable bonds is 1. The molecule has 0 saturated heterocycles. The van der Waals surface area contributed by atoms with Crippen LogP contribution in [0.25, 0.3) is 0 Å². The van der Waals surface area contributed by atoms with Crippen molar-refractivity contribution in [2.45, 2.75) is 6.43 Å². The van der Waals surface area contributed by atoms with Crippen molar-refractivity contribution in [2.75, 3.05) is 0 Å². The fourth-order valence-corrected chi connectivity index (χ4v) is 1.35. The Hall–Kier alpha value is -0.970. The standard InChI is InChI=1S/C7H3F2IN2O/c8-7(9)3-1-5(10)12-4(2-11)6(3)13/h1,7,13H. The van der Waals surface area contributed by atoms with Crippen molar-refractivity contribution in [3.8, 4) is 11.8 Å². The maximum atomic E-state index is 12.2. The molecule has 6 heteroatoms. The molecule has 1 rings (SSSR count). The highest BCUT2D eigenvalue weighted by Crippen LogP contribution is 2.30. The van der Waals surface area contributed by atoms with Crippen molar-refractivity contribution in [1.82, 2.24) is 4.98 Å². The van der Waals surface area contributed by atoms with Crippen LogP contribution in [0.2, 0.25) is 0 Å². The lowest BCUT2D eigenvalue weighted by Gasteiger charge is -2.04. The number of nitriles is 1. The molecule has 68 valence electrons. The first-order valence-electron chi connectivity index (χ1n) is 3.14. The molecule has 1 heterocycles. The largest absolute Gasteiger partial charge is 0.505 e. The minimum absolute atomic E-state index is 0.252. The Kier molecular flexibility index (Phi) is 2.98. The van der Waals surface area contributed by atoms with Crippen molar-refractivity contribution >= 4 is 22.6 Å². The molecule has 1 N–H and O–H groups in total. The van der Waals surface area contributed by atoms with Gasteiger partial charge in [0.05, 0.1) is 5.56 Å². The Morgan fingerprint density at radius 3 is 2.69 bits per heavy atom. The Morgan fingerprint density at radius 2 is 2.23 bits per heavy atom. The summed E-state index contributed by atoms with van der Waals surface area (Å²) in [5, 5.41) is 17.5. The van der Waals surface area contributed by atoms with E-state index in [1.54, 1.807) is 22.6 Å². The number of pyridine rings is 1. The molecule has 0 aliphatic carbocycles. The predicted molar refractivity (Wildman–Crippen MR) is 48.3 cm³/mol. The second kappa shape index (κ2) is 3.83.